The van der Waals surface area contributed by atoms with Crippen LogP contribution in [0.5, 0.6) is 0 Å². The third kappa shape index (κ3) is 4.90. The van der Waals surface area contributed by atoms with Gasteiger partial charge in [0, 0.05) is 11.1 Å². The third-order valence-corrected chi connectivity index (χ3v) is 6.59. The van der Waals surface area contributed by atoms with Crippen molar-refractivity contribution < 1.29 is 17.6 Å². The Kier molecular flexibility index (Phi) is 7.96. The number of hydrogen-bond acceptors (Lipinski definition) is 0. The summed E-state index contributed by atoms with van der Waals surface area (Å²) >= 11 is 0. The lowest BCUT2D eigenvalue weighted by Gasteiger charge is -2.29. The molecule has 0 nitrogen and oxygen atoms in total. The van der Waals surface area contributed by atoms with Gasteiger partial charge in [-0.2, -0.15) is 0 Å². The fourth-order valence-corrected chi connectivity index (χ4v) is 4.79. The van der Waals surface area contributed by atoms with Gasteiger partial charge in [-0.1, -0.05) is 70.2 Å². The fraction of sp³-hybridized carbons (Fsp3) is 0.538. The van der Waals surface area contributed by atoms with Gasteiger partial charge in [-0.15, -0.1) is 0 Å². The van der Waals surface area contributed by atoms with E-state index in [4.69, 9.17) is 0 Å². The zero-order chi connectivity index (χ0) is 21.7. The summed E-state index contributed by atoms with van der Waals surface area (Å²) in [4.78, 5) is 0. The van der Waals surface area contributed by atoms with Gasteiger partial charge in [0.25, 0.3) is 0 Å². The average molecular weight is 421 g/mol. The Morgan fingerprint density at radius 2 is 1.33 bits per heavy atom. The van der Waals surface area contributed by atoms with Crippen LogP contribution in [0.15, 0.2) is 24.3 Å². The number of hydrogen-bond donors (Lipinski definition) is 0. The maximum atomic E-state index is 14.9. The molecule has 0 aliphatic heterocycles. The molecule has 0 atom stereocenters. The minimum absolute atomic E-state index is 0.00973. The van der Waals surface area contributed by atoms with E-state index in [1.807, 2.05) is 6.92 Å². The van der Waals surface area contributed by atoms with Crippen LogP contribution in [-0.4, -0.2) is 0 Å². The predicted octanol–water partition coefficient (Wildman–Crippen LogP) is 8.72. The van der Waals surface area contributed by atoms with E-state index in [-0.39, 0.29) is 22.6 Å². The Bertz CT molecular complexity index is 851. The first kappa shape index (κ1) is 22.8. The molecule has 0 unspecified atom stereocenters. The van der Waals surface area contributed by atoms with Crippen molar-refractivity contribution >= 4 is 0 Å². The minimum Gasteiger partial charge on any atom is -0.203 e. The molecule has 30 heavy (non-hydrogen) atoms. The summed E-state index contributed by atoms with van der Waals surface area (Å²) < 4.78 is 58.6. The molecule has 0 bridgehead atoms. The first-order valence-electron chi connectivity index (χ1n) is 11.4. The molecule has 3 rings (SSSR count). The molecule has 0 spiro atoms. The van der Waals surface area contributed by atoms with Gasteiger partial charge in [0.1, 0.15) is 0 Å². The minimum atomic E-state index is -1.11. The third-order valence-electron chi connectivity index (χ3n) is 6.59. The van der Waals surface area contributed by atoms with Crippen molar-refractivity contribution in [2.24, 2.45) is 5.92 Å². The number of halogens is 4. The number of unbranched alkanes of at least 4 members (excludes halogenated alkanes) is 2. The second kappa shape index (κ2) is 10.5. The molecule has 164 valence electrons. The molecule has 2 aromatic rings. The van der Waals surface area contributed by atoms with E-state index in [1.54, 1.807) is 6.07 Å². The SMILES string of the molecule is CCCCCC1CCC(c2ccc(-c3ccc(CCC)c(F)c3F)c(F)c2F)CC1. The van der Waals surface area contributed by atoms with Crippen LogP contribution in [0.2, 0.25) is 0 Å². The van der Waals surface area contributed by atoms with E-state index in [1.165, 1.54) is 43.9 Å². The fourth-order valence-electron chi connectivity index (χ4n) is 4.79. The highest BCUT2D eigenvalue weighted by Gasteiger charge is 2.27. The summed E-state index contributed by atoms with van der Waals surface area (Å²) in [5.74, 6) is -3.42. The lowest BCUT2D eigenvalue weighted by Crippen LogP contribution is -2.15. The van der Waals surface area contributed by atoms with Crippen molar-refractivity contribution in [3.05, 3.63) is 58.7 Å². The van der Waals surface area contributed by atoms with Crippen LogP contribution in [0.3, 0.4) is 0 Å². The molecule has 0 saturated heterocycles. The predicted molar refractivity (Wildman–Crippen MR) is 115 cm³/mol. The van der Waals surface area contributed by atoms with Gasteiger partial charge < -0.3 is 0 Å². The van der Waals surface area contributed by atoms with E-state index in [0.29, 0.717) is 24.3 Å². The number of rotatable bonds is 8. The van der Waals surface area contributed by atoms with Crippen molar-refractivity contribution in [2.75, 3.05) is 0 Å². The van der Waals surface area contributed by atoms with Crippen molar-refractivity contribution in [3.63, 3.8) is 0 Å². The first-order valence-corrected chi connectivity index (χ1v) is 11.4. The highest BCUT2D eigenvalue weighted by atomic mass is 19.2. The monoisotopic (exact) mass is 420 g/mol. The highest BCUT2D eigenvalue weighted by molar-refractivity contribution is 5.66. The molecule has 2 aromatic carbocycles. The summed E-state index contributed by atoms with van der Waals surface area (Å²) in [6.07, 6.45) is 9.76. The maximum absolute atomic E-state index is 14.9. The van der Waals surface area contributed by atoms with Crippen LogP contribution in [0, 0.1) is 29.2 Å². The second-order valence-electron chi connectivity index (χ2n) is 8.69. The molecule has 0 heterocycles. The lowest BCUT2D eigenvalue weighted by atomic mass is 9.76. The van der Waals surface area contributed by atoms with E-state index >= 15 is 0 Å². The Hall–Kier alpha value is -1.84. The van der Waals surface area contributed by atoms with Crippen molar-refractivity contribution in [3.8, 4) is 11.1 Å². The van der Waals surface area contributed by atoms with Crippen LogP contribution in [-0.2, 0) is 6.42 Å². The Morgan fingerprint density at radius 3 is 1.97 bits per heavy atom. The van der Waals surface area contributed by atoms with Crippen molar-refractivity contribution in [1.82, 2.24) is 0 Å². The molecular weight excluding hydrogens is 388 g/mol. The van der Waals surface area contributed by atoms with Gasteiger partial charge in [0.2, 0.25) is 0 Å². The summed E-state index contributed by atoms with van der Waals surface area (Å²) in [6, 6.07) is 5.77. The molecule has 1 aliphatic carbocycles. The van der Waals surface area contributed by atoms with Gasteiger partial charge >= 0.3 is 0 Å². The first-order chi connectivity index (χ1) is 14.5. The largest absolute Gasteiger partial charge is 0.203 e. The Balaban J connectivity index is 1.78. The summed E-state index contributed by atoms with van der Waals surface area (Å²) in [6.45, 7) is 4.06. The Morgan fingerprint density at radius 1 is 0.700 bits per heavy atom. The lowest BCUT2D eigenvalue weighted by molar-refractivity contribution is 0.298. The topological polar surface area (TPSA) is 0 Å². The smallest absolute Gasteiger partial charge is 0.167 e. The maximum Gasteiger partial charge on any atom is 0.167 e. The van der Waals surface area contributed by atoms with E-state index in [9.17, 15) is 17.6 Å². The van der Waals surface area contributed by atoms with Crippen LogP contribution < -0.4 is 0 Å². The second-order valence-corrected chi connectivity index (χ2v) is 8.69. The molecule has 0 amide bonds. The number of benzene rings is 2. The van der Waals surface area contributed by atoms with E-state index < -0.39 is 23.3 Å². The quantitative estimate of drug-likeness (QED) is 0.296. The molecule has 1 aliphatic rings. The summed E-state index contributed by atoms with van der Waals surface area (Å²) in [5.41, 5.74) is 0.178. The molecule has 4 heteroatoms. The van der Waals surface area contributed by atoms with Crippen LogP contribution in [0.4, 0.5) is 17.6 Å². The normalized spacial score (nSPS) is 19.3. The van der Waals surface area contributed by atoms with Gasteiger partial charge in [-0.3, -0.25) is 0 Å². The van der Waals surface area contributed by atoms with Gasteiger partial charge in [-0.25, -0.2) is 17.6 Å². The van der Waals surface area contributed by atoms with Gasteiger partial charge in [0.05, 0.1) is 0 Å². The molecular formula is C26H32F4. The molecule has 0 aromatic heterocycles. The molecule has 0 N–H and O–H groups in total. The standard InChI is InChI=1S/C26H32F4/c1-3-5-6-8-17-9-11-18(12-10-17)20-15-16-22(26(30)24(20)28)21-14-13-19(7-4-2)23(27)25(21)29/h13-18H,3-12H2,1-2H3. The summed E-state index contributed by atoms with van der Waals surface area (Å²) in [5, 5.41) is 0. The van der Waals surface area contributed by atoms with Crippen LogP contribution in [0.1, 0.15) is 88.7 Å². The number of aryl methyl sites for hydroxylation is 1. The van der Waals surface area contributed by atoms with Crippen molar-refractivity contribution in [2.45, 2.75) is 84.0 Å². The highest BCUT2D eigenvalue weighted by Crippen LogP contribution is 2.40. The van der Waals surface area contributed by atoms with E-state index in [2.05, 4.69) is 6.92 Å². The van der Waals surface area contributed by atoms with Crippen molar-refractivity contribution in [1.29, 1.82) is 0 Å². The zero-order valence-corrected chi connectivity index (χ0v) is 18.0. The van der Waals surface area contributed by atoms with Gasteiger partial charge in [0.15, 0.2) is 23.3 Å². The van der Waals surface area contributed by atoms with Gasteiger partial charge in [-0.05, 0) is 55.1 Å². The van der Waals surface area contributed by atoms with Crippen LogP contribution >= 0.6 is 0 Å². The van der Waals surface area contributed by atoms with E-state index in [0.717, 1.165) is 25.7 Å². The average Bonchev–Trinajstić information content (AvgIpc) is 2.75. The Labute approximate surface area is 177 Å². The zero-order valence-electron chi connectivity index (χ0n) is 18.0. The molecule has 1 fully saturated rings. The van der Waals surface area contributed by atoms with Crippen LogP contribution in [0.25, 0.3) is 11.1 Å². The summed E-state index contributed by atoms with van der Waals surface area (Å²) in [7, 11) is 0. The molecule has 0 radical (unpaired) electrons. The molecule has 1 saturated carbocycles.